The molecule has 0 saturated carbocycles. The highest BCUT2D eigenvalue weighted by atomic mass is 16.5. The van der Waals surface area contributed by atoms with E-state index in [1.54, 1.807) is 13.4 Å². The number of benzene rings is 1. The smallest absolute Gasteiger partial charge is 0.253 e. The first-order chi connectivity index (χ1) is 11.7. The molecule has 6 nitrogen and oxygen atoms in total. The lowest BCUT2D eigenvalue weighted by atomic mass is 10.00. The van der Waals surface area contributed by atoms with Crippen molar-refractivity contribution in [2.24, 2.45) is 7.05 Å². The lowest BCUT2D eigenvalue weighted by Gasteiger charge is -2.31. The summed E-state index contributed by atoms with van der Waals surface area (Å²) < 4.78 is 13.2. The SMILES string of the molecule is COC(C(=O)NC1CCOC(c2cncn2C)C1)c1ccccc1. The second-order valence-corrected chi connectivity index (χ2v) is 6.05. The summed E-state index contributed by atoms with van der Waals surface area (Å²) in [6.45, 7) is 0.615. The van der Waals surface area contributed by atoms with Crippen LogP contribution in [-0.4, -0.2) is 35.2 Å². The summed E-state index contributed by atoms with van der Waals surface area (Å²) >= 11 is 0. The highest BCUT2D eigenvalue weighted by molar-refractivity contribution is 5.82. The number of rotatable bonds is 5. The summed E-state index contributed by atoms with van der Waals surface area (Å²) in [5.41, 5.74) is 1.88. The van der Waals surface area contributed by atoms with Gasteiger partial charge in [0.2, 0.25) is 0 Å². The van der Waals surface area contributed by atoms with E-state index in [-0.39, 0.29) is 18.1 Å². The minimum Gasteiger partial charge on any atom is -0.372 e. The molecule has 3 unspecified atom stereocenters. The zero-order valence-electron chi connectivity index (χ0n) is 14.0. The molecule has 24 heavy (non-hydrogen) atoms. The normalized spacial score (nSPS) is 22.1. The first kappa shape index (κ1) is 16.7. The molecule has 1 aliphatic heterocycles. The van der Waals surface area contributed by atoms with E-state index in [0.29, 0.717) is 6.61 Å². The van der Waals surface area contributed by atoms with Crippen LogP contribution in [0.4, 0.5) is 0 Å². The van der Waals surface area contributed by atoms with Crippen molar-refractivity contribution in [3.63, 3.8) is 0 Å². The molecule has 0 spiro atoms. The molecular weight excluding hydrogens is 306 g/mol. The number of carbonyl (C=O) groups is 1. The summed E-state index contributed by atoms with van der Waals surface area (Å²) in [5, 5.41) is 3.11. The average Bonchev–Trinajstić information content (AvgIpc) is 3.03. The molecule has 1 saturated heterocycles. The minimum absolute atomic E-state index is 0.0470. The first-order valence-electron chi connectivity index (χ1n) is 8.15. The van der Waals surface area contributed by atoms with E-state index in [2.05, 4.69) is 10.3 Å². The number of aryl methyl sites for hydroxylation is 1. The van der Waals surface area contributed by atoms with E-state index >= 15 is 0 Å². The Balaban J connectivity index is 1.64. The van der Waals surface area contributed by atoms with Gasteiger partial charge in [0, 0.05) is 26.8 Å². The molecule has 2 aromatic rings. The van der Waals surface area contributed by atoms with Crippen LogP contribution >= 0.6 is 0 Å². The van der Waals surface area contributed by atoms with Gasteiger partial charge in [-0.3, -0.25) is 4.79 Å². The Morgan fingerprint density at radius 2 is 2.21 bits per heavy atom. The summed E-state index contributed by atoms with van der Waals surface area (Å²) in [6, 6.07) is 9.59. The van der Waals surface area contributed by atoms with E-state index < -0.39 is 6.10 Å². The van der Waals surface area contributed by atoms with Gasteiger partial charge in [0.05, 0.1) is 18.2 Å². The highest BCUT2D eigenvalue weighted by Gasteiger charge is 2.29. The molecule has 1 aliphatic rings. The number of nitrogens with zero attached hydrogens (tertiary/aromatic N) is 2. The van der Waals surface area contributed by atoms with Gasteiger partial charge >= 0.3 is 0 Å². The molecule has 3 atom stereocenters. The fourth-order valence-corrected chi connectivity index (χ4v) is 3.11. The van der Waals surface area contributed by atoms with Crippen LogP contribution in [0.3, 0.4) is 0 Å². The van der Waals surface area contributed by atoms with Crippen molar-refractivity contribution in [3.05, 3.63) is 54.1 Å². The number of hydrogen-bond acceptors (Lipinski definition) is 4. The maximum absolute atomic E-state index is 12.6. The number of imidazole rings is 1. The molecule has 1 N–H and O–H groups in total. The third-order valence-corrected chi connectivity index (χ3v) is 4.39. The van der Waals surface area contributed by atoms with Gasteiger partial charge in [0.15, 0.2) is 6.10 Å². The van der Waals surface area contributed by atoms with Crippen LogP contribution in [0, 0.1) is 0 Å². The second kappa shape index (κ2) is 7.59. The Morgan fingerprint density at radius 1 is 1.42 bits per heavy atom. The van der Waals surface area contributed by atoms with Crippen molar-refractivity contribution in [1.29, 1.82) is 0 Å². The summed E-state index contributed by atoms with van der Waals surface area (Å²) in [7, 11) is 3.50. The zero-order valence-corrected chi connectivity index (χ0v) is 14.0. The molecular formula is C18H23N3O3. The predicted octanol–water partition coefficient (Wildman–Crippen LogP) is 2.14. The van der Waals surface area contributed by atoms with Crippen LogP contribution in [0.2, 0.25) is 0 Å². The van der Waals surface area contributed by atoms with E-state index in [4.69, 9.17) is 9.47 Å². The van der Waals surface area contributed by atoms with Crippen molar-refractivity contribution in [2.45, 2.75) is 31.1 Å². The van der Waals surface area contributed by atoms with E-state index in [1.807, 2.05) is 48.1 Å². The summed E-state index contributed by atoms with van der Waals surface area (Å²) in [6.07, 6.45) is 4.47. The maximum Gasteiger partial charge on any atom is 0.253 e. The van der Waals surface area contributed by atoms with Crippen LogP contribution in [0.15, 0.2) is 42.9 Å². The predicted molar refractivity (Wildman–Crippen MR) is 89.3 cm³/mol. The van der Waals surface area contributed by atoms with Crippen molar-refractivity contribution in [1.82, 2.24) is 14.9 Å². The molecule has 3 rings (SSSR count). The Kier molecular flexibility index (Phi) is 5.27. The number of methoxy groups -OCH3 is 1. The van der Waals surface area contributed by atoms with Gasteiger partial charge in [-0.15, -0.1) is 0 Å². The van der Waals surface area contributed by atoms with Crippen LogP contribution in [-0.2, 0) is 21.3 Å². The first-order valence-corrected chi connectivity index (χ1v) is 8.15. The van der Waals surface area contributed by atoms with Crippen molar-refractivity contribution < 1.29 is 14.3 Å². The number of aromatic nitrogens is 2. The number of nitrogens with one attached hydrogen (secondary N) is 1. The van der Waals surface area contributed by atoms with Gasteiger partial charge in [-0.25, -0.2) is 4.98 Å². The van der Waals surface area contributed by atoms with Gasteiger partial charge in [0.1, 0.15) is 6.10 Å². The molecule has 1 aromatic carbocycles. The third-order valence-electron chi connectivity index (χ3n) is 4.39. The summed E-state index contributed by atoms with van der Waals surface area (Å²) in [5.74, 6) is -0.112. The molecule has 6 heteroatoms. The quantitative estimate of drug-likeness (QED) is 0.913. The molecule has 2 heterocycles. The molecule has 0 bridgehead atoms. The van der Waals surface area contributed by atoms with Gasteiger partial charge in [-0.1, -0.05) is 30.3 Å². The van der Waals surface area contributed by atoms with Crippen LogP contribution in [0.5, 0.6) is 0 Å². The van der Waals surface area contributed by atoms with E-state index in [0.717, 1.165) is 24.1 Å². The molecule has 1 amide bonds. The number of hydrogen-bond donors (Lipinski definition) is 1. The Morgan fingerprint density at radius 3 is 2.88 bits per heavy atom. The molecule has 1 aromatic heterocycles. The lowest BCUT2D eigenvalue weighted by Crippen LogP contribution is -2.42. The number of amides is 1. The molecule has 0 radical (unpaired) electrons. The van der Waals surface area contributed by atoms with E-state index in [1.165, 1.54) is 0 Å². The molecule has 0 aliphatic carbocycles. The molecule has 1 fully saturated rings. The fourth-order valence-electron chi connectivity index (χ4n) is 3.11. The van der Waals surface area contributed by atoms with Crippen molar-refractivity contribution in [2.75, 3.05) is 13.7 Å². The zero-order chi connectivity index (χ0) is 16.9. The van der Waals surface area contributed by atoms with Crippen LogP contribution < -0.4 is 5.32 Å². The lowest BCUT2D eigenvalue weighted by molar-refractivity contribution is -0.133. The maximum atomic E-state index is 12.6. The van der Waals surface area contributed by atoms with Crippen molar-refractivity contribution in [3.8, 4) is 0 Å². The Hall–Kier alpha value is -2.18. The van der Waals surface area contributed by atoms with Gasteiger partial charge in [-0.2, -0.15) is 0 Å². The average molecular weight is 329 g/mol. The largest absolute Gasteiger partial charge is 0.372 e. The van der Waals surface area contributed by atoms with Crippen LogP contribution in [0.1, 0.15) is 36.3 Å². The van der Waals surface area contributed by atoms with Crippen molar-refractivity contribution >= 4 is 5.91 Å². The summed E-state index contributed by atoms with van der Waals surface area (Å²) in [4.78, 5) is 16.7. The van der Waals surface area contributed by atoms with Gasteiger partial charge < -0.3 is 19.4 Å². The number of ether oxygens (including phenoxy) is 2. The van der Waals surface area contributed by atoms with Gasteiger partial charge in [0.25, 0.3) is 5.91 Å². The van der Waals surface area contributed by atoms with Gasteiger partial charge in [-0.05, 0) is 18.4 Å². The Labute approximate surface area is 141 Å². The minimum atomic E-state index is -0.593. The fraction of sp³-hybridized carbons (Fsp3) is 0.444. The topological polar surface area (TPSA) is 65.4 Å². The standard InChI is InChI=1S/C18H23N3O3/c1-21-12-19-11-15(21)16-10-14(8-9-24-16)20-18(22)17(23-2)13-6-4-3-5-7-13/h3-7,11-12,14,16-17H,8-10H2,1-2H3,(H,20,22). The third kappa shape index (κ3) is 3.66. The second-order valence-electron chi connectivity index (χ2n) is 6.05. The Bertz CT molecular complexity index is 671. The molecule has 128 valence electrons. The highest BCUT2D eigenvalue weighted by Crippen LogP contribution is 2.28. The number of carbonyl (C=O) groups excluding carboxylic acids is 1. The van der Waals surface area contributed by atoms with E-state index in [9.17, 15) is 4.79 Å². The monoisotopic (exact) mass is 329 g/mol. The van der Waals surface area contributed by atoms with Crippen LogP contribution in [0.25, 0.3) is 0 Å².